The second kappa shape index (κ2) is 5.58. The summed E-state index contributed by atoms with van der Waals surface area (Å²) < 4.78 is 0. The van der Waals surface area contributed by atoms with Crippen LogP contribution in [0.2, 0.25) is 0 Å². The first-order valence-electron chi connectivity index (χ1n) is 6.07. The molecule has 17 heavy (non-hydrogen) atoms. The van der Waals surface area contributed by atoms with Crippen molar-refractivity contribution < 1.29 is 0 Å². The van der Waals surface area contributed by atoms with Crippen LogP contribution in [0.25, 0.3) is 0 Å². The minimum atomic E-state index is 1.10. The molecule has 0 saturated carbocycles. The summed E-state index contributed by atoms with van der Waals surface area (Å²) in [5.74, 6) is 0. The molecule has 2 heterocycles. The number of aromatic nitrogens is 2. The minimum Gasteiger partial charge on any atom is -0.262 e. The lowest BCUT2D eigenvalue weighted by molar-refractivity contribution is 0.815. The first kappa shape index (κ1) is 11.8. The van der Waals surface area contributed by atoms with Crippen LogP contribution in [0.5, 0.6) is 0 Å². The van der Waals surface area contributed by atoms with Gasteiger partial charge in [0.05, 0.1) is 0 Å². The third kappa shape index (κ3) is 3.66. The third-order valence-electron chi connectivity index (χ3n) is 2.85. The predicted octanol–water partition coefficient (Wildman–Crippen LogP) is 3.27. The lowest BCUT2D eigenvalue weighted by Crippen LogP contribution is -1.93. The Morgan fingerprint density at radius 1 is 0.824 bits per heavy atom. The van der Waals surface area contributed by atoms with Crippen LogP contribution in [0.1, 0.15) is 28.9 Å². The van der Waals surface area contributed by atoms with Gasteiger partial charge in [0.1, 0.15) is 0 Å². The summed E-state index contributed by atoms with van der Waals surface area (Å²) in [4.78, 5) is 8.42. The average molecular weight is 226 g/mol. The van der Waals surface area contributed by atoms with E-state index in [4.69, 9.17) is 0 Å². The molecule has 0 amide bonds. The maximum atomic E-state index is 4.21. The Balaban J connectivity index is 1.87. The summed E-state index contributed by atoms with van der Waals surface area (Å²) in [6, 6.07) is 8.53. The Kier molecular flexibility index (Phi) is 3.86. The smallest absolute Gasteiger partial charge is 0.0375 e. The second-order valence-electron chi connectivity index (χ2n) is 4.46. The third-order valence-corrected chi connectivity index (χ3v) is 2.85. The van der Waals surface area contributed by atoms with Crippen LogP contribution >= 0.6 is 0 Å². The number of hydrogen-bond acceptors (Lipinski definition) is 2. The van der Waals surface area contributed by atoms with Gasteiger partial charge in [-0.1, -0.05) is 0 Å². The van der Waals surface area contributed by atoms with E-state index >= 15 is 0 Å². The van der Waals surface area contributed by atoms with Gasteiger partial charge >= 0.3 is 0 Å². The van der Waals surface area contributed by atoms with Crippen molar-refractivity contribution in [2.45, 2.75) is 33.1 Å². The largest absolute Gasteiger partial charge is 0.262 e. The van der Waals surface area contributed by atoms with Gasteiger partial charge in [0, 0.05) is 23.8 Å². The van der Waals surface area contributed by atoms with Gasteiger partial charge in [-0.15, -0.1) is 0 Å². The summed E-state index contributed by atoms with van der Waals surface area (Å²) in [5.41, 5.74) is 4.95. The van der Waals surface area contributed by atoms with E-state index in [2.05, 4.69) is 34.2 Å². The fourth-order valence-electron chi connectivity index (χ4n) is 2.02. The number of nitrogens with zero attached hydrogens (tertiary/aromatic N) is 2. The van der Waals surface area contributed by atoms with Crippen molar-refractivity contribution in [1.82, 2.24) is 9.97 Å². The molecule has 2 aromatic rings. The highest BCUT2D eigenvalue weighted by Gasteiger charge is 1.97. The van der Waals surface area contributed by atoms with Gasteiger partial charge in [0.2, 0.25) is 0 Å². The lowest BCUT2D eigenvalue weighted by Gasteiger charge is -2.03. The van der Waals surface area contributed by atoms with Crippen molar-refractivity contribution >= 4 is 0 Å². The zero-order chi connectivity index (χ0) is 12.1. The summed E-state index contributed by atoms with van der Waals surface area (Å²) in [6.45, 7) is 4.07. The predicted molar refractivity (Wildman–Crippen MR) is 70.0 cm³/mol. The monoisotopic (exact) mass is 226 g/mol. The highest BCUT2D eigenvalue weighted by atomic mass is 14.7. The van der Waals surface area contributed by atoms with Crippen molar-refractivity contribution in [2.24, 2.45) is 0 Å². The molecule has 0 N–H and O–H groups in total. The molecule has 0 bridgehead atoms. The van der Waals surface area contributed by atoms with E-state index in [9.17, 15) is 0 Å². The van der Waals surface area contributed by atoms with E-state index in [1.165, 1.54) is 17.5 Å². The van der Waals surface area contributed by atoms with Gasteiger partial charge < -0.3 is 0 Å². The molecule has 0 radical (unpaired) electrons. The molecule has 2 heteroatoms. The Morgan fingerprint density at radius 2 is 1.29 bits per heavy atom. The van der Waals surface area contributed by atoms with E-state index in [-0.39, 0.29) is 0 Å². The molecule has 2 rings (SSSR count). The van der Waals surface area contributed by atoms with Crippen LogP contribution < -0.4 is 0 Å². The zero-order valence-corrected chi connectivity index (χ0v) is 10.5. The topological polar surface area (TPSA) is 25.8 Å². The fourth-order valence-corrected chi connectivity index (χ4v) is 2.02. The molecule has 0 aromatic carbocycles. The van der Waals surface area contributed by atoms with Gasteiger partial charge in [-0.05, 0) is 68.5 Å². The maximum Gasteiger partial charge on any atom is 0.0375 e. The van der Waals surface area contributed by atoms with Crippen molar-refractivity contribution in [2.75, 3.05) is 0 Å². The van der Waals surface area contributed by atoms with Crippen molar-refractivity contribution in [1.29, 1.82) is 0 Å². The van der Waals surface area contributed by atoms with Gasteiger partial charge in [-0.2, -0.15) is 0 Å². The van der Waals surface area contributed by atoms with Crippen LogP contribution in [0.15, 0.2) is 36.7 Å². The second-order valence-corrected chi connectivity index (χ2v) is 4.46. The van der Waals surface area contributed by atoms with Crippen molar-refractivity contribution in [3.8, 4) is 0 Å². The average Bonchev–Trinajstić information content (AvgIpc) is 2.29. The van der Waals surface area contributed by atoms with Crippen LogP contribution in [0.4, 0.5) is 0 Å². The Morgan fingerprint density at radius 3 is 1.71 bits per heavy atom. The molecule has 0 saturated heterocycles. The Labute approximate surface area is 103 Å². The van der Waals surface area contributed by atoms with Gasteiger partial charge in [0.15, 0.2) is 0 Å². The van der Waals surface area contributed by atoms with Crippen LogP contribution in [0.3, 0.4) is 0 Å². The first-order valence-corrected chi connectivity index (χ1v) is 6.07. The lowest BCUT2D eigenvalue weighted by atomic mass is 10.0. The molecule has 0 aliphatic carbocycles. The Bertz CT molecular complexity index is 446. The Hall–Kier alpha value is -1.70. The van der Waals surface area contributed by atoms with E-state index in [1.54, 1.807) is 0 Å². The SMILES string of the molecule is Cc1cc(CCCc2ccnc(C)c2)ccn1. The molecule has 0 unspecified atom stereocenters. The number of pyridine rings is 2. The van der Waals surface area contributed by atoms with Gasteiger partial charge in [-0.3, -0.25) is 9.97 Å². The number of rotatable bonds is 4. The summed E-state index contributed by atoms with van der Waals surface area (Å²) >= 11 is 0. The van der Waals surface area contributed by atoms with Gasteiger partial charge in [-0.25, -0.2) is 0 Å². The zero-order valence-electron chi connectivity index (χ0n) is 10.5. The maximum absolute atomic E-state index is 4.21. The molecule has 0 atom stereocenters. The van der Waals surface area contributed by atoms with Crippen molar-refractivity contribution in [3.63, 3.8) is 0 Å². The molecule has 2 nitrogen and oxygen atoms in total. The number of hydrogen-bond donors (Lipinski definition) is 0. The molecule has 2 aromatic heterocycles. The molecule has 0 fully saturated rings. The molecule has 0 aliphatic heterocycles. The number of aryl methyl sites for hydroxylation is 4. The molecule has 88 valence electrons. The highest BCUT2D eigenvalue weighted by molar-refractivity contribution is 5.18. The van der Waals surface area contributed by atoms with Crippen molar-refractivity contribution in [3.05, 3.63) is 59.2 Å². The minimum absolute atomic E-state index is 1.10. The molecular weight excluding hydrogens is 208 g/mol. The molecule has 0 spiro atoms. The quantitative estimate of drug-likeness (QED) is 0.799. The van der Waals surface area contributed by atoms with Gasteiger partial charge in [0.25, 0.3) is 0 Å². The highest BCUT2D eigenvalue weighted by Crippen LogP contribution is 2.09. The summed E-state index contributed by atoms with van der Waals surface area (Å²) in [6.07, 6.45) is 7.19. The summed E-state index contributed by atoms with van der Waals surface area (Å²) in [7, 11) is 0. The van der Waals surface area contributed by atoms with Crippen LogP contribution in [-0.2, 0) is 12.8 Å². The summed E-state index contributed by atoms with van der Waals surface area (Å²) in [5, 5.41) is 0. The fraction of sp³-hybridized carbons (Fsp3) is 0.333. The molecular formula is C15H18N2. The first-order chi connectivity index (χ1) is 8.24. The van der Waals surface area contributed by atoms with E-state index < -0.39 is 0 Å². The van der Waals surface area contributed by atoms with E-state index in [0.717, 1.165) is 24.2 Å². The van der Waals surface area contributed by atoms with Crippen LogP contribution in [0, 0.1) is 13.8 Å². The van der Waals surface area contributed by atoms with E-state index in [1.807, 2.05) is 26.2 Å². The normalized spacial score (nSPS) is 10.5. The molecule has 0 aliphatic rings. The van der Waals surface area contributed by atoms with Crippen LogP contribution in [-0.4, -0.2) is 9.97 Å². The standard InChI is InChI=1S/C15H18N2/c1-12-10-14(6-8-16-12)4-3-5-15-7-9-17-13(2)11-15/h6-11H,3-5H2,1-2H3. The van der Waals surface area contributed by atoms with E-state index in [0.29, 0.717) is 0 Å².